The Hall–Kier alpha value is -3.21. The second-order valence-corrected chi connectivity index (χ2v) is 16.4. The zero-order valence-electron chi connectivity index (χ0n) is 24.8. The maximum Gasteiger partial charge on any atom is 0.435 e. The molecule has 0 saturated carbocycles. The average molecular weight is 715 g/mol. The molecule has 0 bridgehead atoms. The van der Waals surface area contributed by atoms with E-state index in [0.717, 1.165) is 30.3 Å². The molecule has 7 nitrogen and oxygen atoms in total. The summed E-state index contributed by atoms with van der Waals surface area (Å²) in [5.41, 5.74) is -7.09. The molecule has 5 rings (SSSR count). The number of sulfone groups is 2. The highest BCUT2D eigenvalue weighted by molar-refractivity contribution is 7.92. The van der Waals surface area contributed by atoms with Crippen LogP contribution < -0.4 is 5.32 Å². The monoisotopic (exact) mass is 714 g/mol. The predicted octanol–water partition coefficient (Wildman–Crippen LogP) is 6.39. The molecular weight excluding hydrogens is 684 g/mol. The highest BCUT2D eigenvalue weighted by Crippen LogP contribution is 2.56. The number of aryl methyl sites for hydroxylation is 1. The van der Waals surface area contributed by atoms with Crippen molar-refractivity contribution in [1.29, 1.82) is 0 Å². The molecule has 258 valence electrons. The number of halogens is 8. The van der Waals surface area contributed by atoms with Gasteiger partial charge in [0.1, 0.15) is 10.6 Å². The van der Waals surface area contributed by atoms with Gasteiger partial charge in [-0.3, -0.25) is 0 Å². The molecule has 2 amide bonds. The van der Waals surface area contributed by atoms with Crippen LogP contribution in [0, 0.1) is 5.82 Å². The molecule has 0 spiro atoms. The van der Waals surface area contributed by atoms with Crippen LogP contribution in [0.5, 0.6) is 0 Å². The van der Waals surface area contributed by atoms with Crippen LogP contribution in [0.25, 0.3) is 0 Å². The summed E-state index contributed by atoms with van der Waals surface area (Å²) in [6, 6.07) is 3.08. The summed E-state index contributed by atoms with van der Waals surface area (Å²) in [6.07, 6.45) is -12.6. The number of fused-ring (bicyclic) bond motifs is 3. The van der Waals surface area contributed by atoms with Gasteiger partial charge >= 0.3 is 24.1 Å². The van der Waals surface area contributed by atoms with Crippen LogP contribution in [0.2, 0.25) is 0 Å². The van der Waals surface area contributed by atoms with Crippen molar-refractivity contribution in [3.8, 4) is 0 Å². The lowest BCUT2D eigenvalue weighted by atomic mass is 9.77. The molecule has 2 heterocycles. The quantitative estimate of drug-likeness (QED) is 0.277. The van der Waals surface area contributed by atoms with Crippen LogP contribution in [0.4, 0.5) is 39.9 Å². The molecular formula is C30H30F8N2O5S2. The molecule has 0 unspecified atom stereocenters. The lowest BCUT2D eigenvalue weighted by Gasteiger charge is -2.43. The standard InChI is InChI=1S/C30H30F8N2O5S2/c1-2-3-24(19-12-15-46(42,43)17-19)39-26(41)40-14-13-27(47(44,45)22-8-6-21(31)7-9-22)23-10-5-20(16-18(23)4-11-25(27)40)28(32,29(33,34)35)30(36,37)38/h5-10,16,25H,2-4,11-15,17H2,1H3,(H,39,41)/b24-19+/t25-,27-/m1/s1. The van der Waals surface area contributed by atoms with Crippen molar-refractivity contribution < 1.29 is 56.8 Å². The van der Waals surface area contributed by atoms with Crippen LogP contribution >= 0.6 is 0 Å². The van der Waals surface area contributed by atoms with Gasteiger partial charge in [-0.1, -0.05) is 31.5 Å². The molecule has 2 saturated heterocycles. The van der Waals surface area contributed by atoms with Gasteiger partial charge in [0.05, 0.1) is 22.4 Å². The molecule has 2 atom stereocenters. The molecule has 2 fully saturated rings. The predicted molar refractivity (Wildman–Crippen MR) is 154 cm³/mol. The minimum atomic E-state index is -6.39. The van der Waals surface area contributed by atoms with E-state index in [1.165, 1.54) is 4.90 Å². The first-order valence-corrected chi connectivity index (χ1v) is 18.0. The average Bonchev–Trinajstić information content (AvgIpc) is 3.56. The summed E-state index contributed by atoms with van der Waals surface area (Å²) in [4.78, 5) is 14.6. The Balaban J connectivity index is 1.63. The van der Waals surface area contributed by atoms with Crippen molar-refractivity contribution in [2.24, 2.45) is 0 Å². The first kappa shape index (κ1) is 35.1. The molecule has 47 heavy (non-hydrogen) atoms. The highest BCUT2D eigenvalue weighted by Gasteiger charge is 2.74. The lowest BCUT2D eigenvalue weighted by molar-refractivity contribution is -0.348. The van der Waals surface area contributed by atoms with E-state index in [0.29, 0.717) is 30.2 Å². The number of nitrogens with zero attached hydrogens (tertiary/aromatic N) is 1. The minimum Gasteiger partial charge on any atom is -0.320 e. The van der Waals surface area contributed by atoms with E-state index in [-0.39, 0.29) is 60.9 Å². The molecule has 2 aromatic carbocycles. The van der Waals surface area contributed by atoms with E-state index < -0.39 is 70.8 Å². The third-order valence-electron chi connectivity index (χ3n) is 9.22. The van der Waals surface area contributed by atoms with Gasteiger partial charge in [-0.15, -0.1) is 0 Å². The maximum atomic E-state index is 15.0. The maximum absolute atomic E-state index is 15.0. The SMILES string of the molecule is CCC/C(NC(=O)N1CC[C@@]2(S(=O)(=O)c3ccc(F)cc3)c3ccc(C(F)(C(F)(F)F)C(F)(F)F)cc3CC[C@@H]12)=C1/CCS(=O)(=O)C1. The summed E-state index contributed by atoms with van der Waals surface area (Å²) in [5.74, 6) is -1.13. The number of amides is 2. The van der Waals surface area contributed by atoms with Crippen LogP contribution in [-0.4, -0.2) is 64.2 Å². The smallest absolute Gasteiger partial charge is 0.320 e. The number of carbonyl (C=O) groups is 1. The van der Waals surface area contributed by atoms with E-state index in [4.69, 9.17) is 0 Å². The Morgan fingerprint density at radius 1 is 1.00 bits per heavy atom. The van der Waals surface area contributed by atoms with Gasteiger partial charge in [0.25, 0.3) is 0 Å². The number of alkyl halides is 7. The molecule has 3 aliphatic rings. The molecule has 17 heteroatoms. The van der Waals surface area contributed by atoms with Crippen LogP contribution in [0.3, 0.4) is 0 Å². The number of hydrogen-bond acceptors (Lipinski definition) is 5. The van der Waals surface area contributed by atoms with E-state index in [1.807, 2.05) is 6.92 Å². The fourth-order valence-electron chi connectivity index (χ4n) is 7.00. The molecule has 0 aromatic heterocycles. The number of rotatable bonds is 6. The Bertz CT molecular complexity index is 1810. The van der Waals surface area contributed by atoms with Gasteiger partial charge in [-0.25, -0.2) is 30.4 Å². The van der Waals surface area contributed by atoms with Gasteiger partial charge < -0.3 is 10.2 Å². The first-order chi connectivity index (χ1) is 21.7. The summed E-state index contributed by atoms with van der Waals surface area (Å²) < 4.78 is 161. The molecule has 1 N–H and O–H groups in total. The van der Waals surface area contributed by atoms with Crippen LogP contribution in [0.15, 0.2) is 58.6 Å². The number of nitrogens with one attached hydrogen (secondary N) is 1. The summed E-state index contributed by atoms with van der Waals surface area (Å²) >= 11 is 0. The van der Waals surface area contributed by atoms with E-state index in [9.17, 15) is 52.4 Å². The molecule has 0 radical (unpaired) electrons. The van der Waals surface area contributed by atoms with Crippen LogP contribution in [-0.2, 0) is 36.5 Å². The van der Waals surface area contributed by atoms with E-state index in [1.54, 1.807) is 0 Å². The fraction of sp³-hybridized carbons (Fsp3) is 0.500. The Morgan fingerprint density at radius 2 is 1.64 bits per heavy atom. The zero-order chi connectivity index (χ0) is 34.8. The van der Waals surface area contributed by atoms with Crippen molar-refractivity contribution >= 4 is 25.7 Å². The normalized spacial score (nSPS) is 24.1. The topological polar surface area (TPSA) is 101 Å². The molecule has 1 aliphatic carbocycles. The number of likely N-dealkylation sites (tertiary alicyclic amines) is 1. The largest absolute Gasteiger partial charge is 0.435 e. The van der Waals surface area contributed by atoms with Gasteiger partial charge in [0.2, 0.25) is 0 Å². The summed E-state index contributed by atoms with van der Waals surface area (Å²) in [6.45, 7) is 1.59. The van der Waals surface area contributed by atoms with Gasteiger partial charge in [0.15, 0.2) is 19.7 Å². The Morgan fingerprint density at radius 3 is 2.19 bits per heavy atom. The minimum absolute atomic E-state index is 0.0988. The van der Waals surface area contributed by atoms with E-state index >= 15 is 4.39 Å². The van der Waals surface area contributed by atoms with Crippen molar-refractivity contribution in [1.82, 2.24) is 10.2 Å². The van der Waals surface area contributed by atoms with Crippen LogP contribution in [0.1, 0.15) is 55.7 Å². The number of urea groups is 1. The summed E-state index contributed by atoms with van der Waals surface area (Å²) in [7, 11) is -8.01. The van der Waals surface area contributed by atoms with E-state index in [2.05, 4.69) is 5.32 Å². The van der Waals surface area contributed by atoms with Crippen molar-refractivity contribution in [2.75, 3.05) is 18.1 Å². The number of benzene rings is 2. The molecule has 2 aromatic rings. The number of hydrogen-bond donors (Lipinski definition) is 1. The fourth-order valence-corrected chi connectivity index (χ4v) is 10.9. The van der Waals surface area contributed by atoms with Crippen molar-refractivity contribution in [2.45, 2.75) is 79.2 Å². The second-order valence-electron chi connectivity index (χ2n) is 12.0. The Kier molecular flexibility index (Phi) is 8.77. The van der Waals surface area contributed by atoms with Gasteiger partial charge in [-0.05, 0) is 73.1 Å². The van der Waals surface area contributed by atoms with Gasteiger partial charge in [-0.2, -0.15) is 26.3 Å². The molecule has 2 aliphatic heterocycles. The zero-order valence-corrected chi connectivity index (χ0v) is 26.4. The second kappa shape index (κ2) is 11.7. The Labute approximate surface area is 265 Å². The van der Waals surface area contributed by atoms with Gasteiger partial charge in [0, 0.05) is 17.8 Å². The van der Waals surface area contributed by atoms with Crippen molar-refractivity contribution in [3.63, 3.8) is 0 Å². The first-order valence-electron chi connectivity index (χ1n) is 14.6. The van der Waals surface area contributed by atoms with Crippen molar-refractivity contribution in [3.05, 3.63) is 76.2 Å². The number of carbonyl (C=O) groups excluding carboxylic acids is 1. The highest BCUT2D eigenvalue weighted by atomic mass is 32.2. The lowest BCUT2D eigenvalue weighted by Crippen LogP contribution is -2.54. The third kappa shape index (κ3) is 5.70. The number of allylic oxidation sites excluding steroid dienone is 1. The third-order valence-corrected chi connectivity index (χ3v) is 13.4. The summed E-state index contributed by atoms with van der Waals surface area (Å²) in [5, 5.41) is 2.73.